The van der Waals surface area contributed by atoms with Crippen molar-refractivity contribution in [3.05, 3.63) is 65.7 Å². The fourth-order valence-electron chi connectivity index (χ4n) is 1.46. The van der Waals surface area contributed by atoms with Gasteiger partial charge >= 0.3 is 0 Å². The van der Waals surface area contributed by atoms with E-state index in [1.807, 2.05) is 54.6 Å². The molecule has 0 aromatic heterocycles. The first kappa shape index (κ1) is 15.0. The van der Waals surface area contributed by atoms with Gasteiger partial charge in [0.25, 0.3) is 0 Å². The molecule has 2 aromatic rings. The normalized spacial score (nSPS) is 9.32. The topological polar surface area (TPSA) is 71.1 Å². The van der Waals surface area contributed by atoms with E-state index in [0.29, 0.717) is 12.3 Å². The molecule has 0 fully saturated rings. The highest BCUT2D eigenvalue weighted by atomic mass is 35.5. The summed E-state index contributed by atoms with van der Waals surface area (Å²) in [6, 6.07) is 16.8. The van der Waals surface area contributed by atoms with Gasteiger partial charge in [-0.1, -0.05) is 42.5 Å². The van der Waals surface area contributed by atoms with Crippen LogP contribution in [-0.4, -0.2) is 5.84 Å². The molecule has 0 aliphatic carbocycles. The highest BCUT2D eigenvalue weighted by molar-refractivity contribution is 5.95. The van der Waals surface area contributed by atoms with E-state index < -0.39 is 0 Å². The molecule has 0 radical (unpaired) electrons. The van der Waals surface area contributed by atoms with Crippen LogP contribution in [0.2, 0.25) is 0 Å². The molecule has 0 aliphatic heterocycles. The van der Waals surface area contributed by atoms with Crippen molar-refractivity contribution in [2.75, 3.05) is 0 Å². The highest BCUT2D eigenvalue weighted by Crippen LogP contribution is 2.08. The smallest absolute Gasteiger partial charge is 0.160 e. The monoisotopic (exact) mass is 277 g/mol. The van der Waals surface area contributed by atoms with Gasteiger partial charge in [0.1, 0.15) is 0 Å². The predicted molar refractivity (Wildman–Crippen MR) is 78.6 cm³/mol. The Bertz CT molecular complexity index is 514. The molecule has 0 atom stereocenters. The SMILES string of the molecule is Cl.N=C(NOc1ccccc1)c1ccc(CN)cc1. The molecule has 0 saturated heterocycles. The number of nitrogens with two attached hydrogens (primary N) is 1. The number of hydrogen-bond acceptors (Lipinski definition) is 3. The van der Waals surface area contributed by atoms with Crippen LogP contribution in [0.3, 0.4) is 0 Å². The van der Waals surface area contributed by atoms with Crippen molar-refractivity contribution in [3.63, 3.8) is 0 Å². The number of amidine groups is 1. The molecule has 0 spiro atoms. The van der Waals surface area contributed by atoms with Crippen LogP contribution in [0.15, 0.2) is 54.6 Å². The summed E-state index contributed by atoms with van der Waals surface area (Å²) in [4.78, 5) is 5.28. The predicted octanol–water partition coefficient (Wildman–Crippen LogP) is 2.48. The molecule has 0 saturated carbocycles. The van der Waals surface area contributed by atoms with Gasteiger partial charge in [0.15, 0.2) is 11.6 Å². The average molecular weight is 278 g/mol. The first-order valence-corrected chi connectivity index (χ1v) is 5.65. The molecular formula is C14H16ClN3O. The van der Waals surface area contributed by atoms with Crippen LogP contribution < -0.4 is 16.1 Å². The van der Waals surface area contributed by atoms with Gasteiger partial charge in [0.2, 0.25) is 0 Å². The van der Waals surface area contributed by atoms with E-state index in [1.54, 1.807) is 0 Å². The Morgan fingerprint density at radius 2 is 1.68 bits per heavy atom. The van der Waals surface area contributed by atoms with Crippen molar-refractivity contribution in [2.24, 2.45) is 5.73 Å². The van der Waals surface area contributed by atoms with E-state index >= 15 is 0 Å². The summed E-state index contributed by atoms with van der Waals surface area (Å²) in [5, 5.41) is 7.84. The Morgan fingerprint density at radius 3 is 2.26 bits per heavy atom. The van der Waals surface area contributed by atoms with Gasteiger partial charge in [-0.25, -0.2) is 5.48 Å². The number of hydrogen-bond donors (Lipinski definition) is 3. The molecule has 2 aromatic carbocycles. The fraction of sp³-hybridized carbons (Fsp3) is 0.0714. The molecule has 4 N–H and O–H groups in total. The molecule has 0 aliphatic rings. The van der Waals surface area contributed by atoms with Gasteiger partial charge in [-0.15, -0.1) is 12.4 Å². The maximum atomic E-state index is 7.84. The summed E-state index contributed by atoms with van der Waals surface area (Å²) in [5.41, 5.74) is 9.91. The van der Waals surface area contributed by atoms with Crippen LogP contribution in [0, 0.1) is 5.41 Å². The molecule has 0 heterocycles. The van der Waals surface area contributed by atoms with E-state index in [4.69, 9.17) is 16.0 Å². The lowest BCUT2D eigenvalue weighted by Crippen LogP contribution is -2.26. The van der Waals surface area contributed by atoms with Crippen LogP contribution in [0.1, 0.15) is 11.1 Å². The summed E-state index contributed by atoms with van der Waals surface area (Å²) >= 11 is 0. The van der Waals surface area contributed by atoms with Gasteiger partial charge < -0.3 is 10.6 Å². The van der Waals surface area contributed by atoms with E-state index in [2.05, 4.69) is 5.48 Å². The van der Waals surface area contributed by atoms with Gasteiger partial charge in [-0.3, -0.25) is 5.41 Å². The third-order valence-electron chi connectivity index (χ3n) is 2.49. The minimum Gasteiger partial charge on any atom is -0.381 e. The Balaban J connectivity index is 0.00000180. The second-order valence-corrected chi connectivity index (χ2v) is 3.79. The minimum absolute atomic E-state index is 0. The van der Waals surface area contributed by atoms with E-state index in [0.717, 1.165) is 11.1 Å². The lowest BCUT2D eigenvalue weighted by atomic mass is 10.1. The quantitative estimate of drug-likeness (QED) is 0.457. The van der Waals surface area contributed by atoms with Crippen LogP contribution in [0.25, 0.3) is 0 Å². The van der Waals surface area contributed by atoms with Gasteiger partial charge in [-0.05, 0) is 17.7 Å². The Morgan fingerprint density at radius 1 is 1.05 bits per heavy atom. The number of para-hydroxylation sites is 1. The van der Waals surface area contributed by atoms with E-state index in [1.165, 1.54) is 0 Å². The molecule has 0 bridgehead atoms. The van der Waals surface area contributed by atoms with Gasteiger partial charge in [0.05, 0.1) is 0 Å². The maximum absolute atomic E-state index is 7.84. The van der Waals surface area contributed by atoms with Crippen molar-refractivity contribution in [3.8, 4) is 5.75 Å². The van der Waals surface area contributed by atoms with E-state index in [-0.39, 0.29) is 18.2 Å². The van der Waals surface area contributed by atoms with Crippen LogP contribution >= 0.6 is 12.4 Å². The average Bonchev–Trinajstić information content (AvgIpc) is 2.46. The first-order valence-electron chi connectivity index (χ1n) is 5.65. The van der Waals surface area contributed by atoms with Crippen LogP contribution in [-0.2, 0) is 6.54 Å². The van der Waals surface area contributed by atoms with Crippen molar-refractivity contribution in [2.45, 2.75) is 6.54 Å². The van der Waals surface area contributed by atoms with Crippen molar-refractivity contribution in [1.82, 2.24) is 5.48 Å². The second kappa shape index (κ2) is 7.41. The van der Waals surface area contributed by atoms with Gasteiger partial charge in [0, 0.05) is 12.1 Å². The number of halogens is 1. The molecule has 100 valence electrons. The summed E-state index contributed by atoms with van der Waals surface area (Å²) in [6.45, 7) is 0.502. The molecule has 0 amide bonds. The largest absolute Gasteiger partial charge is 0.381 e. The fourth-order valence-corrected chi connectivity index (χ4v) is 1.46. The summed E-state index contributed by atoms with van der Waals surface area (Å²) in [6.07, 6.45) is 0. The molecule has 5 heteroatoms. The van der Waals surface area contributed by atoms with E-state index in [9.17, 15) is 0 Å². The molecule has 2 rings (SSSR count). The van der Waals surface area contributed by atoms with Crippen LogP contribution in [0.4, 0.5) is 0 Å². The summed E-state index contributed by atoms with van der Waals surface area (Å²) < 4.78 is 0. The Hall–Kier alpha value is -2.04. The minimum atomic E-state index is 0. The second-order valence-electron chi connectivity index (χ2n) is 3.79. The summed E-state index contributed by atoms with van der Waals surface area (Å²) in [7, 11) is 0. The Labute approximate surface area is 118 Å². The lowest BCUT2D eigenvalue weighted by Gasteiger charge is -2.09. The molecule has 0 unspecified atom stereocenters. The zero-order valence-corrected chi connectivity index (χ0v) is 11.1. The lowest BCUT2D eigenvalue weighted by molar-refractivity contribution is 0.262. The third-order valence-corrected chi connectivity index (χ3v) is 2.49. The van der Waals surface area contributed by atoms with Crippen molar-refractivity contribution < 1.29 is 4.84 Å². The number of rotatable bonds is 4. The number of benzene rings is 2. The highest BCUT2D eigenvalue weighted by Gasteiger charge is 2.01. The standard InChI is InChI=1S/C14H15N3O.ClH/c15-10-11-6-8-12(9-7-11)14(16)17-18-13-4-2-1-3-5-13;/h1-9H,10,15H2,(H2,16,17);1H. The first-order chi connectivity index (χ1) is 8.79. The Kier molecular flexibility index (Phi) is 5.85. The third kappa shape index (κ3) is 4.28. The maximum Gasteiger partial charge on any atom is 0.160 e. The van der Waals surface area contributed by atoms with Crippen molar-refractivity contribution >= 4 is 18.2 Å². The molecular weight excluding hydrogens is 262 g/mol. The van der Waals surface area contributed by atoms with Crippen molar-refractivity contribution in [1.29, 1.82) is 5.41 Å². The number of nitrogens with one attached hydrogen (secondary N) is 2. The number of hydroxylamine groups is 1. The molecule has 19 heavy (non-hydrogen) atoms. The van der Waals surface area contributed by atoms with Crippen LogP contribution in [0.5, 0.6) is 5.75 Å². The van der Waals surface area contributed by atoms with Gasteiger partial charge in [-0.2, -0.15) is 0 Å². The zero-order chi connectivity index (χ0) is 12.8. The zero-order valence-electron chi connectivity index (χ0n) is 10.3. The summed E-state index contributed by atoms with van der Waals surface area (Å²) in [5.74, 6) is 0.878. The molecule has 4 nitrogen and oxygen atoms in total.